The molecular formula is C15H21N3O3. The predicted molar refractivity (Wildman–Crippen MR) is 77.9 cm³/mol. The molecule has 1 amide bonds. The summed E-state index contributed by atoms with van der Waals surface area (Å²) in [5, 5.41) is 2.91. The number of hydrogen-bond acceptors (Lipinski definition) is 5. The molecule has 0 spiro atoms. The Morgan fingerprint density at radius 2 is 2.38 bits per heavy atom. The van der Waals surface area contributed by atoms with Crippen molar-refractivity contribution in [3.8, 4) is 0 Å². The Labute approximate surface area is 124 Å². The Morgan fingerprint density at radius 1 is 1.52 bits per heavy atom. The molecule has 1 aliphatic rings. The average molecular weight is 291 g/mol. The van der Waals surface area contributed by atoms with Crippen LogP contribution in [0.5, 0.6) is 0 Å². The SMILES string of the molecule is CC(C)=CCO[C@@H]1CCOC[C@@H]1NC(=O)c1cnccn1. The van der Waals surface area contributed by atoms with Gasteiger partial charge in [0.2, 0.25) is 0 Å². The molecule has 0 radical (unpaired) electrons. The summed E-state index contributed by atoms with van der Waals surface area (Å²) in [7, 11) is 0. The molecule has 1 saturated heterocycles. The molecule has 114 valence electrons. The minimum atomic E-state index is -0.255. The van der Waals surface area contributed by atoms with E-state index in [9.17, 15) is 4.79 Å². The number of rotatable bonds is 5. The Hall–Kier alpha value is -1.79. The van der Waals surface area contributed by atoms with Gasteiger partial charge in [0.05, 0.1) is 31.6 Å². The fourth-order valence-electron chi connectivity index (χ4n) is 2.05. The summed E-state index contributed by atoms with van der Waals surface area (Å²) < 4.78 is 11.3. The van der Waals surface area contributed by atoms with Gasteiger partial charge in [0.25, 0.3) is 5.91 Å². The summed E-state index contributed by atoms with van der Waals surface area (Å²) in [6.45, 7) is 5.70. The molecule has 1 aromatic heterocycles. The number of amides is 1. The lowest BCUT2D eigenvalue weighted by Crippen LogP contribution is -2.50. The van der Waals surface area contributed by atoms with E-state index < -0.39 is 0 Å². The van der Waals surface area contributed by atoms with E-state index in [1.165, 1.54) is 24.2 Å². The maximum atomic E-state index is 12.1. The highest BCUT2D eigenvalue weighted by molar-refractivity contribution is 5.92. The van der Waals surface area contributed by atoms with Crippen molar-refractivity contribution in [1.29, 1.82) is 0 Å². The normalized spacial score (nSPS) is 21.6. The number of nitrogens with one attached hydrogen (secondary N) is 1. The van der Waals surface area contributed by atoms with Gasteiger partial charge in [-0.25, -0.2) is 4.98 Å². The van der Waals surface area contributed by atoms with E-state index in [4.69, 9.17) is 9.47 Å². The van der Waals surface area contributed by atoms with Crippen LogP contribution in [0, 0.1) is 0 Å². The number of carbonyl (C=O) groups excluding carboxylic acids is 1. The van der Waals surface area contributed by atoms with Gasteiger partial charge < -0.3 is 14.8 Å². The van der Waals surface area contributed by atoms with Gasteiger partial charge in [-0.2, -0.15) is 0 Å². The first-order valence-electron chi connectivity index (χ1n) is 7.06. The first-order valence-corrected chi connectivity index (χ1v) is 7.06. The van der Waals surface area contributed by atoms with E-state index in [2.05, 4.69) is 15.3 Å². The van der Waals surface area contributed by atoms with Gasteiger partial charge in [0.15, 0.2) is 0 Å². The van der Waals surface area contributed by atoms with Crippen LogP contribution in [-0.2, 0) is 9.47 Å². The second kappa shape index (κ2) is 7.85. The van der Waals surface area contributed by atoms with Crippen LogP contribution in [0.4, 0.5) is 0 Å². The monoisotopic (exact) mass is 291 g/mol. The smallest absolute Gasteiger partial charge is 0.271 e. The van der Waals surface area contributed by atoms with Crippen molar-refractivity contribution < 1.29 is 14.3 Å². The third-order valence-corrected chi connectivity index (χ3v) is 3.21. The largest absolute Gasteiger partial charge is 0.379 e. The highest BCUT2D eigenvalue weighted by atomic mass is 16.5. The van der Waals surface area contributed by atoms with E-state index in [0.717, 1.165) is 6.42 Å². The quantitative estimate of drug-likeness (QED) is 0.829. The molecular weight excluding hydrogens is 270 g/mol. The van der Waals surface area contributed by atoms with E-state index in [1.54, 1.807) is 0 Å². The number of aromatic nitrogens is 2. The first kappa shape index (κ1) is 15.6. The average Bonchev–Trinajstić information content (AvgIpc) is 2.49. The van der Waals surface area contributed by atoms with Crippen LogP contribution in [0.25, 0.3) is 0 Å². The lowest BCUT2D eigenvalue weighted by molar-refractivity contribution is -0.0457. The highest BCUT2D eigenvalue weighted by Gasteiger charge is 2.28. The summed E-state index contributed by atoms with van der Waals surface area (Å²) in [6.07, 6.45) is 7.22. The van der Waals surface area contributed by atoms with Crippen molar-refractivity contribution in [2.24, 2.45) is 0 Å². The molecule has 0 unspecified atom stereocenters. The third kappa shape index (κ3) is 4.91. The molecule has 2 atom stereocenters. The summed E-state index contributed by atoms with van der Waals surface area (Å²) in [5.74, 6) is -0.255. The molecule has 1 fully saturated rings. The number of nitrogens with zero attached hydrogens (tertiary/aromatic N) is 2. The maximum Gasteiger partial charge on any atom is 0.271 e. The van der Waals surface area contributed by atoms with Crippen molar-refractivity contribution in [1.82, 2.24) is 15.3 Å². The minimum Gasteiger partial charge on any atom is -0.379 e. The summed E-state index contributed by atoms with van der Waals surface area (Å²) in [5.41, 5.74) is 1.51. The highest BCUT2D eigenvalue weighted by Crippen LogP contribution is 2.13. The van der Waals surface area contributed by atoms with Crippen molar-refractivity contribution in [2.45, 2.75) is 32.4 Å². The Bertz CT molecular complexity index is 486. The van der Waals surface area contributed by atoms with E-state index in [-0.39, 0.29) is 18.1 Å². The van der Waals surface area contributed by atoms with Crippen molar-refractivity contribution in [2.75, 3.05) is 19.8 Å². The van der Waals surface area contributed by atoms with E-state index in [0.29, 0.717) is 25.5 Å². The number of carbonyl (C=O) groups is 1. The second-order valence-electron chi connectivity index (χ2n) is 5.19. The fourth-order valence-corrected chi connectivity index (χ4v) is 2.05. The molecule has 0 saturated carbocycles. The van der Waals surface area contributed by atoms with Crippen molar-refractivity contribution in [3.63, 3.8) is 0 Å². The molecule has 0 aliphatic carbocycles. The van der Waals surface area contributed by atoms with Crippen LogP contribution in [0.15, 0.2) is 30.2 Å². The zero-order valence-corrected chi connectivity index (χ0v) is 12.4. The molecule has 0 aromatic carbocycles. The van der Waals surface area contributed by atoms with Crippen LogP contribution in [0.3, 0.4) is 0 Å². The van der Waals surface area contributed by atoms with Gasteiger partial charge in [0, 0.05) is 19.0 Å². The van der Waals surface area contributed by atoms with Crippen molar-refractivity contribution in [3.05, 3.63) is 35.9 Å². The third-order valence-electron chi connectivity index (χ3n) is 3.21. The van der Waals surface area contributed by atoms with Crippen LogP contribution >= 0.6 is 0 Å². The lowest BCUT2D eigenvalue weighted by Gasteiger charge is -2.31. The molecule has 6 nitrogen and oxygen atoms in total. The number of ether oxygens (including phenoxy) is 2. The molecule has 1 aromatic rings. The predicted octanol–water partition coefficient (Wildman–Crippen LogP) is 1.35. The Kier molecular flexibility index (Phi) is 5.83. The molecule has 0 bridgehead atoms. The topological polar surface area (TPSA) is 73.3 Å². The van der Waals surface area contributed by atoms with E-state index >= 15 is 0 Å². The van der Waals surface area contributed by atoms with Crippen LogP contribution < -0.4 is 5.32 Å². The maximum absolute atomic E-state index is 12.1. The van der Waals surface area contributed by atoms with Gasteiger partial charge in [-0.3, -0.25) is 9.78 Å². The van der Waals surface area contributed by atoms with E-state index in [1.807, 2.05) is 19.9 Å². The molecule has 2 rings (SSSR count). The molecule has 1 aliphatic heterocycles. The fraction of sp³-hybridized carbons (Fsp3) is 0.533. The molecule has 1 N–H and O–H groups in total. The van der Waals surface area contributed by atoms with Gasteiger partial charge in [0.1, 0.15) is 5.69 Å². The zero-order chi connectivity index (χ0) is 15.1. The van der Waals surface area contributed by atoms with Crippen LogP contribution in [-0.4, -0.2) is 47.8 Å². The van der Waals surface area contributed by atoms with Gasteiger partial charge in [-0.15, -0.1) is 0 Å². The Morgan fingerprint density at radius 3 is 3.10 bits per heavy atom. The summed E-state index contributed by atoms with van der Waals surface area (Å²) in [6, 6.07) is -0.168. The molecule has 6 heteroatoms. The first-order chi connectivity index (χ1) is 10.2. The molecule has 21 heavy (non-hydrogen) atoms. The van der Waals surface area contributed by atoms with Gasteiger partial charge in [-0.1, -0.05) is 11.6 Å². The zero-order valence-electron chi connectivity index (χ0n) is 12.4. The van der Waals surface area contributed by atoms with Gasteiger partial charge in [-0.05, 0) is 20.3 Å². The number of hydrogen-bond donors (Lipinski definition) is 1. The van der Waals surface area contributed by atoms with Crippen LogP contribution in [0.1, 0.15) is 30.8 Å². The standard InChI is InChI=1S/C15H21N3O3/c1-11(2)3-8-21-14-4-7-20-10-13(14)18-15(19)12-9-16-5-6-17-12/h3,5-6,9,13-14H,4,7-8,10H2,1-2H3,(H,18,19)/t13-,14+/m0/s1. The van der Waals surface area contributed by atoms with Crippen LogP contribution in [0.2, 0.25) is 0 Å². The lowest BCUT2D eigenvalue weighted by atomic mass is 10.1. The van der Waals surface area contributed by atoms with Gasteiger partial charge >= 0.3 is 0 Å². The second-order valence-corrected chi connectivity index (χ2v) is 5.19. The summed E-state index contributed by atoms with van der Waals surface area (Å²) >= 11 is 0. The Balaban J connectivity index is 1.92. The van der Waals surface area contributed by atoms with Crippen molar-refractivity contribution >= 4 is 5.91 Å². The number of allylic oxidation sites excluding steroid dienone is 1. The summed E-state index contributed by atoms with van der Waals surface area (Å²) in [4.78, 5) is 20.0. The molecule has 2 heterocycles. The minimum absolute atomic E-state index is 0.0463.